The van der Waals surface area contributed by atoms with E-state index in [2.05, 4.69) is 19.9 Å². The molecule has 100 valence electrons. The van der Waals surface area contributed by atoms with Gasteiger partial charge < -0.3 is 10.7 Å². The van der Waals surface area contributed by atoms with E-state index >= 15 is 0 Å². The number of H-pyrrole nitrogens is 1. The van der Waals surface area contributed by atoms with Crippen molar-refractivity contribution in [1.82, 2.24) is 19.9 Å². The van der Waals surface area contributed by atoms with Crippen LogP contribution in [0.2, 0.25) is 5.15 Å². The molecule has 0 aliphatic carbocycles. The van der Waals surface area contributed by atoms with Crippen molar-refractivity contribution in [3.63, 3.8) is 0 Å². The smallest absolute Gasteiger partial charge is 0.251 e. The molecule has 6 nitrogen and oxygen atoms in total. The second kappa shape index (κ2) is 6.03. The zero-order valence-electron chi connectivity index (χ0n) is 10.2. The Balaban J connectivity index is 2.32. The summed E-state index contributed by atoms with van der Waals surface area (Å²) in [5, 5.41) is 1.10. The van der Waals surface area contributed by atoms with Gasteiger partial charge in [-0.05, 0) is 18.2 Å². The second-order valence-corrected chi connectivity index (χ2v) is 5.11. The van der Waals surface area contributed by atoms with E-state index in [1.807, 2.05) is 6.92 Å². The molecule has 19 heavy (non-hydrogen) atoms. The third kappa shape index (κ3) is 3.45. The molecular formula is C11H12ClN5OS. The first-order chi connectivity index (χ1) is 9.10. The molecule has 0 radical (unpaired) electrons. The molecule has 2 aromatic heterocycles. The van der Waals surface area contributed by atoms with Crippen molar-refractivity contribution in [3.8, 4) is 0 Å². The van der Waals surface area contributed by atoms with Gasteiger partial charge in [0.15, 0.2) is 10.3 Å². The van der Waals surface area contributed by atoms with E-state index < -0.39 is 0 Å². The minimum Gasteiger partial charge on any atom is -0.394 e. The van der Waals surface area contributed by atoms with Crippen molar-refractivity contribution in [3.05, 3.63) is 33.6 Å². The van der Waals surface area contributed by atoms with E-state index in [0.717, 1.165) is 30.3 Å². The van der Waals surface area contributed by atoms with E-state index in [1.165, 1.54) is 12.4 Å². The molecule has 0 amide bonds. The number of rotatable bonds is 4. The van der Waals surface area contributed by atoms with Gasteiger partial charge in [0, 0.05) is 11.8 Å². The van der Waals surface area contributed by atoms with E-state index in [0.29, 0.717) is 10.2 Å². The number of aryl methyl sites for hydroxylation is 1. The summed E-state index contributed by atoms with van der Waals surface area (Å²) in [6.07, 6.45) is 2.98. The van der Waals surface area contributed by atoms with Gasteiger partial charge in [0.05, 0.1) is 0 Å². The third-order valence-corrected chi connectivity index (χ3v) is 3.48. The zero-order chi connectivity index (χ0) is 13.8. The van der Waals surface area contributed by atoms with E-state index in [1.54, 1.807) is 0 Å². The zero-order valence-corrected chi connectivity index (χ0v) is 11.8. The van der Waals surface area contributed by atoms with Gasteiger partial charge in [-0.15, -0.1) is 0 Å². The van der Waals surface area contributed by atoms with Crippen LogP contribution in [0.3, 0.4) is 0 Å². The van der Waals surface area contributed by atoms with E-state index in [4.69, 9.17) is 17.3 Å². The summed E-state index contributed by atoms with van der Waals surface area (Å²) in [5.41, 5.74) is 6.59. The lowest BCUT2D eigenvalue weighted by molar-refractivity contribution is 0.815. The van der Waals surface area contributed by atoms with Crippen molar-refractivity contribution in [2.75, 3.05) is 5.73 Å². The Morgan fingerprint density at radius 3 is 3.00 bits per heavy atom. The highest BCUT2D eigenvalue weighted by molar-refractivity contribution is 7.99. The highest BCUT2D eigenvalue weighted by Crippen LogP contribution is 2.30. The average molecular weight is 298 g/mol. The Labute approximate surface area is 118 Å². The molecule has 0 atom stereocenters. The lowest BCUT2D eigenvalue weighted by Gasteiger charge is -2.05. The number of aromatic nitrogens is 4. The maximum Gasteiger partial charge on any atom is 0.251 e. The Morgan fingerprint density at radius 2 is 2.26 bits per heavy atom. The van der Waals surface area contributed by atoms with Crippen molar-refractivity contribution in [1.29, 1.82) is 0 Å². The molecule has 3 N–H and O–H groups in total. The van der Waals surface area contributed by atoms with E-state index in [9.17, 15) is 4.79 Å². The van der Waals surface area contributed by atoms with Crippen LogP contribution in [0, 0.1) is 0 Å². The van der Waals surface area contributed by atoms with Gasteiger partial charge in [-0.3, -0.25) is 4.79 Å². The summed E-state index contributed by atoms with van der Waals surface area (Å²) in [6, 6.07) is 1.49. The molecule has 0 spiro atoms. The molecule has 0 saturated heterocycles. The van der Waals surface area contributed by atoms with Crippen LogP contribution in [0.25, 0.3) is 0 Å². The lowest BCUT2D eigenvalue weighted by atomic mass is 10.2. The van der Waals surface area contributed by atoms with Gasteiger partial charge in [0.1, 0.15) is 17.0 Å². The third-order valence-electron chi connectivity index (χ3n) is 2.27. The topological polar surface area (TPSA) is 97.5 Å². The fourth-order valence-electron chi connectivity index (χ4n) is 1.45. The minimum absolute atomic E-state index is 0.185. The summed E-state index contributed by atoms with van der Waals surface area (Å²) in [6.45, 7) is 2.03. The maximum atomic E-state index is 11.5. The van der Waals surface area contributed by atoms with Gasteiger partial charge in [0.2, 0.25) is 0 Å². The fourth-order valence-corrected chi connectivity index (χ4v) is 2.44. The van der Waals surface area contributed by atoms with Crippen LogP contribution < -0.4 is 11.3 Å². The number of halogens is 1. The van der Waals surface area contributed by atoms with Crippen molar-refractivity contribution in [2.45, 2.75) is 29.9 Å². The molecule has 2 heterocycles. The number of aromatic amines is 1. The SMILES string of the molecule is CCCc1cc(=O)[nH]c(Sc2ncnc(Cl)c2N)n1. The van der Waals surface area contributed by atoms with Gasteiger partial charge in [-0.1, -0.05) is 24.9 Å². The van der Waals surface area contributed by atoms with E-state index in [-0.39, 0.29) is 16.4 Å². The van der Waals surface area contributed by atoms with Crippen LogP contribution >= 0.6 is 23.4 Å². The molecule has 2 aromatic rings. The Kier molecular flexibility index (Phi) is 4.39. The number of nitrogens with one attached hydrogen (secondary N) is 1. The van der Waals surface area contributed by atoms with Crippen LogP contribution in [0.5, 0.6) is 0 Å². The molecule has 0 aromatic carbocycles. The Hall–Kier alpha value is -1.60. The lowest BCUT2D eigenvalue weighted by Crippen LogP contribution is -2.10. The van der Waals surface area contributed by atoms with Crippen molar-refractivity contribution in [2.24, 2.45) is 0 Å². The monoisotopic (exact) mass is 297 g/mol. The summed E-state index contributed by atoms with van der Waals surface area (Å²) in [7, 11) is 0. The quantitative estimate of drug-likeness (QED) is 0.661. The van der Waals surface area contributed by atoms with Gasteiger partial charge in [-0.25, -0.2) is 15.0 Å². The van der Waals surface area contributed by atoms with Crippen LogP contribution in [0.4, 0.5) is 5.69 Å². The Bertz CT molecular complexity index is 645. The predicted octanol–water partition coefficient (Wildman–Crippen LogP) is 1.90. The number of anilines is 1. The molecule has 0 unspecified atom stereocenters. The average Bonchev–Trinajstić information content (AvgIpc) is 2.35. The predicted molar refractivity (Wildman–Crippen MR) is 74.4 cm³/mol. The van der Waals surface area contributed by atoms with Crippen LogP contribution in [-0.2, 0) is 6.42 Å². The minimum atomic E-state index is -0.195. The second-order valence-electron chi connectivity index (χ2n) is 3.78. The van der Waals surface area contributed by atoms with Gasteiger partial charge in [0.25, 0.3) is 5.56 Å². The van der Waals surface area contributed by atoms with Crippen LogP contribution in [0.15, 0.2) is 27.4 Å². The molecular weight excluding hydrogens is 286 g/mol. The number of hydrogen-bond acceptors (Lipinski definition) is 6. The molecule has 0 aliphatic heterocycles. The fraction of sp³-hybridized carbons (Fsp3) is 0.273. The first-order valence-electron chi connectivity index (χ1n) is 5.64. The molecule has 0 bridgehead atoms. The van der Waals surface area contributed by atoms with Crippen LogP contribution in [0.1, 0.15) is 19.0 Å². The summed E-state index contributed by atoms with van der Waals surface area (Å²) >= 11 is 6.97. The first-order valence-corrected chi connectivity index (χ1v) is 6.83. The summed E-state index contributed by atoms with van der Waals surface area (Å²) in [5.74, 6) is 0. The Morgan fingerprint density at radius 1 is 1.47 bits per heavy atom. The van der Waals surface area contributed by atoms with Crippen LogP contribution in [-0.4, -0.2) is 19.9 Å². The van der Waals surface area contributed by atoms with Crippen molar-refractivity contribution < 1.29 is 0 Å². The summed E-state index contributed by atoms with van der Waals surface area (Å²) < 4.78 is 0. The maximum absolute atomic E-state index is 11.5. The first kappa shape index (κ1) is 13.8. The largest absolute Gasteiger partial charge is 0.394 e. The highest BCUT2D eigenvalue weighted by atomic mass is 35.5. The van der Waals surface area contributed by atoms with Gasteiger partial charge >= 0.3 is 0 Å². The molecule has 0 saturated carbocycles. The molecule has 8 heteroatoms. The number of nitrogens with two attached hydrogens (primary N) is 1. The molecule has 2 rings (SSSR count). The van der Waals surface area contributed by atoms with Crippen molar-refractivity contribution >= 4 is 29.1 Å². The number of nitrogens with zero attached hydrogens (tertiary/aromatic N) is 3. The molecule has 0 aliphatic rings. The standard InChI is InChI=1S/C11H12ClN5OS/c1-2-3-6-4-7(18)17-11(16-6)19-10-8(13)9(12)14-5-15-10/h4-5H,2-3,13H2,1H3,(H,16,17,18). The normalized spacial score (nSPS) is 10.6. The van der Waals surface area contributed by atoms with Gasteiger partial charge in [-0.2, -0.15) is 0 Å². The highest BCUT2D eigenvalue weighted by Gasteiger charge is 2.10. The molecule has 0 fully saturated rings. The summed E-state index contributed by atoms with van der Waals surface area (Å²) in [4.78, 5) is 26.3. The number of nitrogen functional groups attached to an aromatic ring is 1. The number of hydrogen-bond donors (Lipinski definition) is 2.